The number of phenolic OH excluding ortho intramolecular Hbond substituents is 1. The van der Waals surface area contributed by atoms with Crippen molar-refractivity contribution in [1.82, 2.24) is 4.90 Å². The van der Waals surface area contributed by atoms with Crippen molar-refractivity contribution in [3.63, 3.8) is 0 Å². The highest BCUT2D eigenvalue weighted by atomic mass is 16.3. The second-order valence-corrected chi connectivity index (χ2v) is 12.5. The van der Waals surface area contributed by atoms with Gasteiger partial charge in [-0.3, -0.25) is 19.3 Å². The average molecular weight is 635 g/mol. The van der Waals surface area contributed by atoms with Crippen LogP contribution in [0.15, 0.2) is 53.0 Å². The van der Waals surface area contributed by atoms with Crippen molar-refractivity contribution in [3.05, 3.63) is 64.1 Å². The van der Waals surface area contributed by atoms with Gasteiger partial charge >= 0.3 is 6.03 Å². The quantitative estimate of drug-likeness (QED) is 0.180. The molecule has 0 radical (unpaired) electrons. The van der Waals surface area contributed by atoms with Gasteiger partial charge in [0.15, 0.2) is 17.1 Å². The minimum Gasteiger partial charge on any atom is -0.510 e. The molecule has 0 bridgehead atoms. The van der Waals surface area contributed by atoms with Gasteiger partial charge in [0.2, 0.25) is 5.78 Å². The van der Waals surface area contributed by atoms with Crippen LogP contribution in [0, 0.1) is 11.8 Å². The Morgan fingerprint density at radius 1 is 0.957 bits per heavy atom. The number of aromatic hydroxyl groups is 1. The molecule has 0 heterocycles. The Hall–Kier alpha value is -5.08. The van der Waals surface area contributed by atoms with E-state index in [9.17, 15) is 39.6 Å². The van der Waals surface area contributed by atoms with Crippen molar-refractivity contribution in [1.29, 1.82) is 0 Å². The number of amides is 3. The third-order valence-electron chi connectivity index (χ3n) is 9.07. The third kappa shape index (κ3) is 4.90. The zero-order chi connectivity index (χ0) is 34.0. The Morgan fingerprint density at radius 2 is 1.59 bits per heavy atom. The van der Waals surface area contributed by atoms with Gasteiger partial charge in [-0.2, -0.15) is 0 Å². The zero-order valence-electron chi connectivity index (χ0n) is 26.4. The Morgan fingerprint density at radius 3 is 2.13 bits per heavy atom. The molecule has 0 aliphatic heterocycles. The van der Waals surface area contributed by atoms with Crippen molar-refractivity contribution in [3.8, 4) is 5.75 Å². The van der Waals surface area contributed by atoms with E-state index in [2.05, 4.69) is 10.6 Å². The molecule has 14 heteroatoms. The van der Waals surface area contributed by atoms with Gasteiger partial charge in [-0.05, 0) is 68.8 Å². The standard InChI is InChI=1S/C32H38N6O8/c1-36(2)16-9-7-15(8-10-16)34-31(45)35-19-13-20(37(3)4)17-11-14-12-18-24(38(5)6)27(41)23(30(33)44)29(43)32(18,46)28(42)21(14)26(40)22(17)25(19)39/h7-10,13-14,18,24,39,41-42,46H,11-12H2,1-6H3,(H2,33,44)(H2,34,35,45)/t14-,18-,24+,32-/m0/s1. The molecule has 2 aromatic rings. The molecule has 0 saturated heterocycles. The van der Waals surface area contributed by atoms with Crippen molar-refractivity contribution in [2.24, 2.45) is 17.6 Å². The van der Waals surface area contributed by atoms with Gasteiger partial charge in [-0.25, -0.2) is 4.79 Å². The second-order valence-electron chi connectivity index (χ2n) is 12.5. The number of likely N-dealkylation sites (N-methyl/N-ethyl adjacent to an activating group) is 1. The minimum absolute atomic E-state index is 0.0333. The first kappa shape index (κ1) is 32.3. The number of anilines is 4. The topological polar surface area (TPSA) is 209 Å². The van der Waals surface area contributed by atoms with Crippen molar-refractivity contribution in [2.45, 2.75) is 24.5 Å². The number of allylic oxidation sites excluding steroid dienone is 1. The van der Waals surface area contributed by atoms with Crippen molar-refractivity contribution < 1.29 is 39.6 Å². The van der Waals surface area contributed by atoms with Crippen LogP contribution in [0.3, 0.4) is 0 Å². The molecule has 0 aromatic heterocycles. The second kappa shape index (κ2) is 11.4. The summed E-state index contributed by atoms with van der Waals surface area (Å²) in [7, 11) is 10.4. The number of nitrogens with two attached hydrogens (primary N) is 1. The van der Waals surface area contributed by atoms with E-state index >= 15 is 0 Å². The number of hydrogen-bond acceptors (Lipinski definition) is 11. The van der Waals surface area contributed by atoms with E-state index in [4.69, 9.17) is 5.73 Å². The molecule has 3 amide bonds. The first-order valence-electron chi connectivity index (χ1n) is 14.6. The van der Waals surface area contributed by atoms with E-state index in [0.717, 1.165) is 5.69 Å². The predicted octanol–water partition coefficient (Wildman–Crippen LogP) is 1.90. The monoisotopic (exact) mass is 634 g/mol. The highest BCUT2D eigenvalue weighted by molar-refractivity contribution is 6.25. The molecule has 0 unspecified atom stereocenters. The van der Waals surface area contributed by atoms with Gasteiger partial charge in [0.05, 0.1) is 17.3 Å². The number of carbonyl (C=O) groups is 4. The van der Waals surface area contributed by atoms with Gasteiger partial charge in [0.1, 0.15) is 17.1 Å². The van der Waals surface area contributed by atoms with Crippen LogP contribution in [0.4, 0.5) is 27.5 Å². The summed E-state index contributed by atoms with van der Waals surface area (Å²) in [6, 6.07) is 6.80. The number of aliphatic hydroxyl groups excluding tert-OH is 2. The van der Waals surface area contributed by atoms with Crippen molar-refractivity contribution in [2.75, 3.05) is 62.7 Å². The fraction of sp³-hybridized carbons (Fsp3) is 0.375. The van der Waals surface area contributed by atoms with Gasteiger partial charge in [0, 0.05) is 56.7 Å². The van der Waals surface area contributed by atoms with Gasteiger partial charge in [-0.15, -0.1) is 0 Å². The number of phenols is 1. The summed E-state index contributed by atoms with van der Waals surface area (Å²) in [4.78, 5) is 58.0. The Balaban J connectivity index is 1.58. The number of Topliss-reactive ketones (excluding diaryl/α,β-unsaturated/α-hetero) is 2. The largest absolute Gasteiger partial charge is 0.510 e. The molecular weight excluding hydrogens is 596 g/mol. The van der Waals surface area contributed by atoms with Crippen LogP contribution in [0.2, 0.25) is 0 Å². The maximum atomic E-state index is 14.2. The summed E-state index contributed by atoms with van der Waals surface area (Å²) < 4.78 is 0. The number of ketones is 2. The fourth-order valence-corrected chi connectivity index (χ4v) is 6.92. The third-order valence-corrected chi connectivity index (χ3v) is 9.07. The van der Waals surface area contributed by atoms with Crippen LogP contribution in [0.25, 0.3) is 0 Å². The number of primary amides is 1. The lowest BCUT2D eigenvalue weighted by molar-refractivity contribution is -0.148. The molecule has 0 saturated carbocycles. The van der Waals surface area contributed by atoms with Crippen LogP contribution in [0.1, 0.15) is 22.3 Å². The molecule has 5 rings (SSSR count). The normalized spacial score (nSPS) is 23.9. The minimum atomic E-state index is -2.75. The molecule has 0 spiro atoms. The van der Waals surface area contributed by atoms with E-state index in [1.54, 1.807) is 45.2 Å². The van der Waals surface area contributed by atoms with Crippen LogP contribution in [-0.2, 0) is 16.0 Å². The lowest BCUT2D eigenvalue weighted by Gasteiger charge is -2.50. The fourth-order valence-electron chi connectivity index (χ4n) is 6.92. The van der Waals surface area contributed by atoms with E-state index < -0.39 is 69.8 Å². The van der Waals surface area contributed by atoms with E-state index in [-0.39, 0.29) is 29.7 Å². The van der Waals surface area contributed by atoms with E-state index in [1.807, 2.05) is 31.1 Å². The molecule has 4 atom stereocenters. The zero-order valence-corrected chi connectivity index (χ0v) is 26.4. The van der Waals surface area contributed by atoms with Crippen molar-refractivity contribution >= 4 is 46.3 Å². The summed E-state index contributed by atoms with van der Waals surface area (Å²) >= 11 is 0. The number of aliphatic hydroxyl groups is 3. The Kier molecular flexibility index (Phi) is 7.99. The molecule has 0 fully saturated rings. The molecule has 14 nitrogen and oxygen atoms in total. The number of carbonyl (C=O) groups excluding carboxylic acids is 4. The van der Waals surface area contributed by atoms with Crippen LogP contribution < -0.4 is 26.2 Å². The Bertz CT molecular complexity index is 1730. The predicted molar refractivity (Wildman–Crippen MR) is 171 cm³/mol. The lowest BCUT2D eigenvalue weighted by atomic mass is 9.58. The maximum Gasteiger partial charge on any atom is 0.323 e. The summed E-state index contributed by atoms with van der Waals surface area (Å²) in [5, 5.41) is 51.0. The first-order valence-corrected chi connectivity index (χ1v) is 14.6. The molecule has 46 heavy (non-hydrogen) atoms. The summed E-state index contributed by atoms with van der Waals surface area (Å²) in [6.45, 7) is 0. The lowest BCUT2D eigenvalue weighted by Crippen LogP contribution is -2.63. The number of benzene rings is 2. The highest BCUT2D eigenvalue weighted by Crippen LogP contribution is 2.54. The van der Waals surface area contributed by atoms with Gasteiger partial charge < -0.3 is 46.6 Å². The number of hydrogen-bond donors (Lipinski definition) is 7. The number of rotatable bonds is 6. The SMILES string of the molecule is CN(C)c1ccc(NC(=O)Nc2cc(N(C)C)c3c(c2O)C(=O)C2=C(O)[C@]4(O)C(=O)C(C(N)=O)=C(O)[C@H](N(C)C)[C@@H]4C[C@@H]2C3)cc1. The van der Waals surface area contributed by atoms with Crippen LogP contribution in [0.5, 0.6) is 5.75 Å². The molecule has 3 aliphatic rings. The molecule has 8 N–H and O–H groups in total. The average Bonchev–Trinajstić information content (AvgIpc) is 2.96. The van der Waals surface area contributed by atoms with Crippen LogP contribution in [-0.4, -0.2) is 103 Å². The summed E-state index contributed by atoms with van der Waals surface area (Å²) in [5.41, 5.74) is 3.54. The summed E-state index contributed by atoms with van der Waals surface area (Å²) in [5.74, 6) is -7.48. The number of urea groups is 1. The smallest absolute Gasteiger partial charge is 0.323 e. The first-order chi connectivity index (χ1) is 21.5. The Labute approximate surface area is 265 Å². The number of nitrogens with zero attached hydrogens (tertiary/aromatic N) is 3. The van der Waals surface area contributed by atoms with Gasteiger partial charge in [-0.1, -0.05) is 0 Å². The highest BCUT2D eigenvalue weighted by Gasteiger charge is 2.63. The number of fused-ring (bicyclic) bond motifs is 3. The summed E-state index contributed by atoms with van der Waals surface area (Å²) in [6.07, 6.45) is 0.0781. The maximum absolute atomic E-state index is 14.2. The number of nitrogens with one attached hydrogen (secondary N) is 2. The van der Waals surface area contributed by atoms with E-state index in [0.29, 0.717) is 16.9 Å². The molecule has 2 aromatic carbocycles. The molecular formula is C32H38N6O8. The molecule has 244 valence electrons. The van der Waals surface area contributed by atoms with Gasteiger partial charge in [0.25, 0.3) is 5.91 Å². The molecule has 3 aliphatic carbocycles. The van der Waals surface area contributed by atoms with E-state index in [1.165, 1.54) is 11.0 Å². The van der Waals surface area contributed by atoms with Crippen LogP contribution >= 0.6 is 0 Å².